The van der Waals surface area contributed by atoms with Crippen molar-refractivity contribution in [2.75, 3.05) is 0 Å². The molecule has 0 aliphatic carbocycles. The number of alkyl halides is 30. The van der Waals surface area contributed by atoms with Crippen LogP contribution in [0.15, 0.2) is 115 Å². The number of hydrogen-bond acceptors (Lipinski definition) is 0. The summed E-state index contributed by atoms with van der Waals surface area (Å²) in [6, 6.07) is -4.19. The Morgan fingerprint density at radius 2 is 0.486 bits per heavy atom. The standard InChI is InChI=1S/C32H12BF24.C10H8F6N/c34-25(35,36)13-1-14(26(37,38)39)6-21(5-13)33(22-7-15(27(40,41)42)2-16(8-22)28(43,44)45,23-9-17(29(46,47)48)3-18(10-23)30(49,50)51)24-11-19(31(52,53)54)4-20(12-24)32(55,56)57;11-9(12,13)8(10(14,15)16)4-7-17-5-2-1-3-6-17/h1-12H;1-6H,7H2/q-1;+1. The third-order valence-electron chi connectivity index (χ3n) is 10.3. The van der Waals surface area contributed by atoms with Crippen LogP contribution in [0.2, 0.25) is 0 Å². The highest BCUT2D eigenvalue weighted by atomic mass is 19.4. The average molecular weight is 1120 g/mol. The Bertz CT molecular complexity index is 2360. The zero-order chi connectivity index (χ0) is 57.0. The van der Waals surface area contributed by atoms with Gasteiger partial charge in [-0.3, -0.25) is 0 Å². The van der Waals surface area contributed by atoms with Crippen molar-refractivity contribution in [1.82, 2.24) is 0 Å². The van der Waals surface area contributed by atoms with E-state index < -0.39 is 219 Å². The minimum Gasteiger partial charge on any atom is -0.201 e. The molecule has 0 spiro atoms. The summed E-state index contributed by atoms with van der Waals surface area (Å²) < 4.78 is 415. The summed E-state index contributed by atoms with van der Waals surface area (Å²) in [6.45, 7) is -0.491. The van der Waals surface area contributed by atoms with Gasteiger partial charge < -0.3 is 0 Å². The van der Waals surface area contributed by atoms with Gasteiger partial charge in [-0.2, -0.15) is 154 Å². The Morgan fingerprint density at radius 1 is 0.297 bits per heavy atom. The van der Waals surface area contributed by atoms with Gasteiger partial charge in [-0.15, -0.1) is 0 Å². The second kappa shape index (κ2) is 19.8. The fraction of sp³-hybridized carbons (Fsp3) is 0.262. The monoisotopic (exact) mass is 1120 g/mol. The molecule has 0 fully saturated rings. The molecule has 0 aliphatic heterocycles. The van der Waals surface area contributed by atoms with Gasteiger partial charge in [-0.05, 0) is 30.3 Å². The predicted molar refractivity (Wildman–Crippen MR) is 197 cm³/mol. The average Bonchev–Trinajstić information content (AvgIpc) is 3.21. The predicted octanol–water partition coefficient (Wildman–Crippen LogP) is 14.2. The van der Waals surface area contributed by atoms with Crippen LogP contribution in [-0.4, -0.2) is 18.5 Å². The first kappa shape index (κ1) is 60.3. The van der Waals surface area contributed by atoms with Crippen molar-refractivity contribution in [3.8, 4) is 0 Å². The Hall–Kier alpha value is -6.27. The lowest BCUT2D eigenvalue weighted by atomic mass is 9.12. The normalized spacial score (nSPS) is 13.9. The van der Waals surface area contributed by atoms with Crippen molar-refractivity contribution < 1.29 is 136 Å². The third-order valence-corrected chi connectivity index (χ3v) is 10.3. The van der Waals surface area contributed by atoms with E-state index in [2.05, 4.69) is 0 Å². The van der Waals surface area contributed by atoms with E-state index in [1.807, 2.05) is 0 Å². The van der Waals surface area contributed by atoms with Crippen molar-refractivity contribution in [2.24, 2.45) is 0 Å². The van der Waals surface area contributed by atoms with Crippen LogP contribution in [0.1, 0.15) is 44.5 Å². The van der Waals surface area contributed by atoms with Gasteiger partial charge in [0.25, 0.3) is 0 Å². The molecule has 1 heterocycles. The molecule has 4 aromatic carbocycles. The number of aromatic nitrogens is 1. The van der Waals surface area contributed by atoms with Crippen LogP contribution < -0.4 is 26.4 Å². The van der Waals surface area contributed by atoms with E-state index >= 15 is 0 Å². The first-order chi connectivity index (χ1) is 33.0. The molecule has 0 radical (unpaired) electrons. The second-order valence-corrected chi connectivity index (χ2v) is 15.4. The number of allylic oxidation sites excluding steroid dienone is 2. The van der Waals surface area contributed by atoms with E-state index in [0.717, 1.165) is 0 Å². The van der Waals surface area contributed by atoms with Gasteiger partial charge in [0.05, 0.1) is 44.5 Å². The molecule has 74 heavy (non-hydrogen) atoms. The SMILES string of the molecule is FC(F)(F)C(=CC[n+]1ccccc1)C(F)(F)F.FC(F)(F)c1cc([B-](c2cc(C(F)(F)F)cc(C(F)(F)F)c2)(c2cc(C(F)(F)F)cc(C(F)(F)F)c2)c2cc(C(F)(F)F)cc(C(F)(F)F)c2)cc(C(F)(F)F)c1. The lowest BCUT2D eigenvalue weighted by Crippen LogP contribution is -2.75. The summed E-state index contributed by atoms with van der Waals surface area (Å²) in [7, 11) is 0. The third kappa shape index (κ3) is 14.3. The number of rotatable bonds is 6. The molecule has 0 aliphatic rings. The number of pyridine rings is 1. The van der Waals surface area contributed by atoms with Crippen LogP contribution in [0.25, 0.3) is 0 Å². The number of halogens is 30. The Labute approximate surface area is 392 Å². The molecule has 406 valence electrons. The topological polar surface area (TPSA) is 3.88 Å². The summed E-state index contributed by atoms with van der Waals surface area (Å²) in [5.41, 5.74) is -32.7. The maximum absolute atomic E-state index is 14.2. The molecule has 0 bridgehead atoms. The van der Waals surface area contributed by atoms with Crippen LogP contribution >= 0.6 is 0 Å². The highest BCUT2D eigenvalue weighted by molar-refractivity contribution is 7.20. The minimum absolute atomic E-state index is 0.125. The number of nitrogens with zero attached hydrogens (tertiary/aromatic N) is 1. The van der Waals surface area contributed by atoms with Crippen LogP contribution in [0, 0.1) is 0 Å². The quantitative estimate of drug-likeness (QED) is 0.0690. The molecule has 32 heteroatoms. The van der Waals surface area contributed by atoms with E-state index in [1.165, 1.54) is 29.1 Å². The van der Waals surface area contributed by atoms with E-state index in [1.54, 1.807) is 6.07 Å². The van der Waals surface area contributed by atoms with Gasteiger partial charge in [0, 0.05) is 12.1 Å². The van der Waals surface area contributed by atoms with Crippen molar-refractivity contribution in [3.05, 3.63) is 160 Å². The summed E-state index contributed by atoms with van der Waals surface area (Å²) in [4.78, 5) is 0. The van der Waals surface area contributed by atoms with Crippen molar-refractivity contribution >= 4 is 28.0 Å². The molecule has 0 unspecified atom stereocenters. The Morgan fingerprint density at radius 3 is 0.649 bits per heavy atom. The van der Waals surface area contributed by atoms with Gasteiger partial charge in [-0.1, -0.05) is 54.6 Å². The number of hydrogen-bond donors (Lipinski definition) is 0. The first-order valence-electron chi connectivity index (χ1n) is 19.1. The second-order valence-electron chi connectivity index (χ2n) is 15.4. The molecule has 1 aromatic heterocycles. The molecule has 0 saturated carbocycles. The van der Waals surface area contributed by atoms with Crippen molar-refractivity contribution in [3.63, 3.8) is 0 Å². The minimum atomic E-state index is -6.13. The van der Waals surface area contributed by atoms with Crippen LogP contribution in [0.5, 0.6) is 0 Å². The lowest BCUT2D eigenvalue weighted by molar-refractivity contribution is -0.687. The van der Waals surface area contributed by atoms with E-state index in [-0.39, 0.29) is 6.08 Å². The fourth-order valence-electron chi connectivity index (χ4n) is 7.22. The van der Waals surface area contributed by atoms with Gasteiger partial charge in [0.2, 0.25) is 0 Å². The van der Waals surface area contributed by atoms with Gasteiger partial charge in [0.15, 0.2) is 18.9 Å². The lowest BCUT2D eigenvalue weighted by Gasteiger charge is -2.46. The summed E-state index contributed by atoms with van der Waals surface area (Å²) in [6.07, 6.45) is -62.7. The fourth-order valence-corrected chi connectivity index (χ4v) is 7.22. The summed E-state index contributed by atoms with van der Waals surface area (Å²) in [5, 5.41) is 0. The maximum Gasteiger partial charge on any atom is 0.421 e. The van der Waals surface area contributed by atoms with Crippen molar-refractivity contribution in [1.29, 1.82) is 0 Å². The van der Waals surface area contributed by atoms with Gasteiger partial charge in [-0.25, -0.2) is 4.57 Å². The molecular formula is C42H20BF30N. The smallest absolute Gasteiger partial charge is 0.201 e. The highest BCUT2D eigenvalue weighted by Crippen LogP contribution is 2.42. The van der Waals surface area contributed by atoms with E-state index in [4.69, 9.17) is 0 Å². The zero-order valence-electron chi connectivity index (χ0n) is 35.0. The molecule has 0 N–H and O–H groups in total. The van der Waals surface area contributed by atoms with E-state index in [0.29, 0.717) is 0 Å². The summed E-state index contributed by atoms with van der Waals surface area (Å²) in [5.74, 6) is 0. The largest absolute Gasteiger partial charge is 0.421 e. The van der Waals surface area contributed by atoms with Crippen molar-refractivity contribution in [2.45, 2.75) is 68.3 Å². The van der Waals surface area contributed by atoms with E-state index in [9.17, 15) is 132 Å². The Kier molecular flexibility index (Phi) is 16.1. The van der Waals surface area contributed by atoms with Gasteiger partial charge in [0.1, 0.15) is 11.7 Å². The molecule has 0 saturated heterocycles. The van der Waals surface area contributed by atoms with Crippen LogP contribution in [-0.2, 0) is 56.0 Å². The molecule has 0 atom stereocenters. The maximum atomic E-state index is 14.2. The van der Waals surface area contributed by atoms with Gasteiger partial charge >= 0.3 is 61.8 Å². The molecule has 1 nitrogen and oxygen atoms in total. The van der Waals surface area contributed by atoms with Crippen LogP contribution in [0.3, 0.4) is 0 Å². The van der Waals surface area contributed by atoms with Crippen LogP contribution in [0.4, 0.5) is 132 Å². The first-order valence-corrected chi connectivity index (χ1v) is 19.1. The highest BCUT2D eigenvalue weighted by Gasteiger charge is 2.51. The molecule has 5 aromatic rings. The number of benzene rings is 4. The Balaban J connectivity index is 0.000000589. The summed E-state index contributed by atoms with van der Waals surface area (Å²) >= 11 is 0. The molecular weight excluding hydrogens is 1100 g/mol. The molecule has 5 rings (SSSR count). The zero-order valence-corrected chi connectivity index (χ0v) is 35.0. The molecule has 0 amide bonds.